The molecule has 8 heteroatoms. The molecule has 0 aromatic carbocycles. The van der Waals surface area contributed by atoms with Crippen LogP contribution in [0.4, 0.5) is 10.8 Å². The summed E-state index contributed by atoms with van der Waals surface area (Å²) in [5.74, 6) is 0.748. The third-order valence-electron chi connectivity index (χ3n) is 5.99. The first-order valence-corrected chi connectivity index (χ1v) is 12.3. The molecule has 1 fully saturated rings. The Kier molecular flexibility index (Phi) is 7.32. The molecule has 3 aromatic rings. The van der Waals surface area contributed by atoms with E-state index in [9.17, 15) is 0 Å². The van der Waals surface area contributed by atoms with Crippen LogP contribution in [0.1, 0.15) is 69.1 Å². The molecule has 1 unspecified atom stereocenters. The van der Waals surface area contributed by atoms with E-state index in [1.54, 1.807) is 7.05 Å². The quantitative estimate of drug-likeness (QED) is 0.469. The fourth-order valence-electron chi connectivity index (χ4n) is 4.32. The van der Waals surface area contributed by atoms with Gasteiger partial charge in [0.05, 0.1) is 29.3 Å². The summed E-state index contributed by atoms with van der Waals surface area (Å²) in [6.07, 6.45) is 14.1. The van der Waals surface area contributed by atoms with Crippen molar-refractivity contribution in [1.29, 1.82) is 0 Å². The third kappa shape index (κ3) is 4.91. The van der Waals surface area contributed by atoms with Gasteiger partial charge in [-0.2, -0.15) is 4.37 Å². The van der Waals surface area contributed by atoms with Crippen molar-refractivity contribution in [3.8, 4) is 0 Å². The van der Waals surface area contributed by atoms with Crippen LogP contribution >= 0.6 is 11.5 Å². The van der Waals surface area contributed by atoms with Gasteiger partial charge in [0.2, 0.25) is 0 Å². The van der Waals surface area contributed by atoms with E-state index in [1.165, 1.54) is 37.2 Å². The van der Waals surface area contributed by atoms with Gasteiger partial charge in [0.1, 0.15) is 5.00 Å². The Morgan fingerprint density at radius 2 is 2.06 bits per heavy atom. The molecule has 4 rings (SSSR count). The number of anilines is 2. The number of hydrogen-bond acceptors (Lipinski definition) is 7. The summed E-state index contributed by atoms with van der Waals surface area (Å²) >= 11 is 1.49. The Labute approximate surface area is 194 Å². The molecule has 0 spiro atoms. The van der Waals surface area contributed by atoms with Gasteiger partial charge in [-0.15, -0.1) is 0 Å². The normalized spacial score (nSPS) is 17.2. The molecular formula is C24H33N7S. The average molecular weight is 452 g/mol. The van der Waals surface area contributed by atoms with Gasteiger partial charge in [-0.3, -0.25) is 14.3 Å². The molecular weight excluding hydrogens is 418 g/mol. The van der Waals surface area contributed by atoms with E-state index in [4.69, 9.17) is 9.36 Å². The number of rotatable bonds is 7. The third-order valence-corrected chi connectivity index (χ3v) is 6.71. The monoisotopic (exact) mass is 451 g/mol. The first-order valence-electron chi connectivity index (χ1n) is 11.6. The van der Waals surface area contributed by atoms with Crippen molar-refractivity contribution in [3.05, 3.63) is 41.6 Å². The van der Waals surface area contributed by atoms with E-state index in [-0.39, 0.29) is 0 Å². The average Bonchev–Trinajstić information content (AvgIpc) is 3.32. The molecule has 1 atom stereocenters. The number of aryl methyl sites for hydroxylation is 1. The van der Waals surface area contributed by atoms with Gasteiger partial charge in [-0.05, 0) is 63.8 Å². The second-order valence-corrected chi connectivity index (χ2v) is 9.20. The molecule has 0 saturated carbocycles. The Bertz CT molecular complexity index is 1100. The second kappa shape index (κ2) is 10.4. The van der Waals surface area contributed by atoms with Crippen LogP contribution in [-0.4, -0.2) is 50.0 Å². The van der Waals surface area contributed by atoms with Gasteiger partial charge in [-0.25, -0.2) is 9.97 Å². The van der Waals surface area contributed by atoms with Crippen LogP contribution in [0, 0.1) is 6.92 Å². The predicted octanol–water partition coefficient (Wildman–Crippen LogP) is 5.67. The number of aromatic nitrogens is 4. The lowest BCUT2D eigenvalue weighted by Gasteiger charge is -2.26. The van der Waals surface area contributed by atoms with Crippen molar-refractivity contribution < 1.29 is 0 Å². The van der Waals surface area contributed by atoms with Crippen molar-refractivity contribution in [2.45, 2.75) is 58.9 Å². The molecule has 0 bridgehead atoms. The molecule has 0 amide bonds. The number of nitrogens with zero attached hydrogens (tertiary/aromatic N) is 6. The van der Waals surface area contributed by atoms with Gasteiger partial charge < -0.3 is 5.32 Å². The first-order chi connectivity index (χ1) is 15.6. The molecule has 170 valence electrons. The van der Waals surface area contributed by atoms with E-state index in [1.807, 2.05) is 25.5 Å². The van der Waals surface area contributed by atoms with E-state index >= 15 is 0 Å². The number of nitrogens with one attached hydrogen (secondary N) is 1. The van der Waals surface area contributed by atoms with Crippen LogP contribution in [0.2, 0.25) is 0 Å². The van der Waals surface area contributed by atoms with Crippen LogP contribution in [0.3, 0.4) is 0 Å². The highest BCUT2D eigenvalue weighted by Gasteiger charge is 2.20. The van der Waals surface area contributed by atoms with Crippen LogP contribution in [-0.2, 0) is 0 Å². The zero-order chi connectivity index (χ0) is 22.5. The lowest BCUT2D eigenvalue weighted by Crippen LogP contribution is -2.28. The summed E-state index contributed by atoms with van der Waals surface area (Å²) in [7, 11) is 1.79. The van der Waals surface area contributed by atoms with Gasteiger partial charge >= 0.3 is 0 Å². The maximum absolute atomic E-state index is 4.76. The fourth-order valence-corrected chi connectivity index (χ4v) is 5.04. The molecule has 1 aliphatic rings. The fraction of sp³-hybridized carbons (Fsp3) is 0.500. The molecule has 4 heterocycles. The summed E-state index contributed by atoms with van der Waals surface area (Å²) in [5, 5.41) is 4.48. The molecule has 32 heavy (non-hydrogen) atoms. The highest BCUT2D eigenvalue weighted by molar-refractivity contribution is 7.10. The largest absolute Gasteiger partial charge is 0.328 e. The molecule has 0 aliphatic carbocycles. The number of allylic oxidation sites excluding steroid dienone is 2. The lowest BCUT2D eigenvalue weighted by molar-refractivity contribution is 0.216. The van der Waals surface area contributed by atoms with E-state index < -0.39 is 0 Å². The second-order valence-electron chi connectivity index (χ2n) is 8.39. The number of imidazole rings is 1. The molecule has 7 nitrogen and oxygen atoms in total. The SMILES string of the molecule is CC/C=C(\C=NC)c1cnc2c(Nc3cc(C(C)N4CCCCCC4)ns3)nc(C)cn12. The topological polar surface area (TPSA) is 70.7 Å². The van der Waals surface area contributed by atoms with Crippen molar-refractivity contribution in [3.63, 3.8) is 0 Å². The van der Waals surface area contributed by atoms with Gasteiger partial charge in [0.25, 0.3) is 0 Å². The number of aliphatic imine (C=N–C) groups is 1. The van der Waals surface area contributed by atoms with Crippen LogP contribution in [0.15, 0.2) is 29.5 Å². The smallest absolute Gasteiger partial charge is 0.180 e. The summed E-state index contributed by atoms with van der Waals surface area (Å²) in [5.41, 5.74) is 4.92. The predicted molar refractivity (Wildman–Crippen MR) is 134 cm³/mol. The van der Waals surface area contributed by atoms with Crippen molar-refractivity contribution in [1.82, 2.24) is 23.6 Å². The summed E-state index contributed by atoms with van der Waals surface area (Å²) in [4.78, 5) is 16.2. The first kappa shape index (κ1) is 22.6. The Hall–Kier alpha value is -2.58. The minimum Gasteiger partial charge on any atom is -0.328 e. The summed E-state index contributed by atoms with van der Waals surface area (Å²) < 4.78 is 6.85. The van der Waals surface area contributed by atoms with Crippen molar-refractivity contribution >= 4 is 39.8 Å². The van der Waals surface area contributed by atoms with Crippen LogP contribution < -0.4 is 5.32 Å². The maximum atomic E-state index is 4.76. The molecule has 3 aromatic heterocycles. The minimum absolute atomic E-state index is 0.332. The van der Waals surface area contributed by atoms with Crippen molar-refractivity contribution in [2.75, 3.05) is 25.5 Å². The Balaban J connectivity index is 1.60. The number of fused-ring (bicyclic) bond motifs is 1. The van der Waals surface area contributed by atoms with Gasteiger partial charge in [0, 0.05) is 25.0 Å². The Morgan fingerprint density at radius 1 is 1.28 bits per heavy atom. The van der Waals surface area contributed by atoms with E-state index in [0.29, 0.717) is 6.04 Å². The summed E-state index contributed by atoms with van der Waals surface area (Å²) in [6.45, 7) is 8.72. The van der Waals surface area contributed by atoms with Crippen molar-refractivity contribution in [2.24, 2.45) is 4.99 Å². The lowest BCUT2D eigenvalue weighted by atomic mass is 10.2. The standard InChI is InChI=1S/C24H33N7S/c1-5-10-19(14-25-4)21-15-26-24-23(27-17(2)16-31(21)24)28-22-13-20(29-32-22)18(3)30-11-8-6-7-9-12-30/h10,13-16,18H,5-9,11-12H2,1-4H3,(H,27,28)/b19-10+,25-14?. The van der Waals surface area contributed by atoms with Gasteiger partial charge in [-0.1, -0.05) is 25.8 Å². The zero-order valence-electron chi connectivity index (χ0n) is 19.5. The maximum Gasteiger partial charge on any atom is 0.180 e. The van der Waals surface area contributed by atoms with E-state index in [2.05, 4.69) is 50.6 Å². The Morgan fingerprint density at radius 3 is 2.78 bits per heavy atom. The zero-order valence-corrected chi connectivity index (χ0v) is 20.3. The highest BCUT2D eigenvalue weighted by Crippen LogP contribution is 2.30. The number of hydrogen-bond donors (Lipinski definition) is 1. The molecule has 1 saturated heterocycles. The van der Waals surface area contributed by atoms with E-state index in [0.717, 1.165) is 58.6 Å². The number of likely N-dealkylation sites (tertiary alicyclic amines) is 1. The minimum atomic E-state index is 0.332. The van der Waals surface area contributed by atoms with Crippen LogP contribution in [0.25, 0.3) is 11.2 Å². The molecule has 1 N–H and O–H groups in total. The molecule has 0 radical (unpaired) electrons. The highest BCUT2D eigenvalue weighted by atomic mass is 32.1. The van der Waals surface area contributed by atoms with Gasteiger partial charge in [0.15, 0.2) is 11.5 Å². The molecule has 1 aliphatic heterocycles. The van der Waals surface area contributed by atoms with Crippen LogP contribution in [0.5, 0.6) is 0 Å². The summed E-state index contributed by atoms with van der Waals surface area (Å²) in [6, 6.07) is 2.50.